The average molecular weight is 267 g/mol. The van der Waals surface area contributed by atoms with Crippen LogP contribution in [0.25, 0.3) is 0 Å². The number of carbonyl (C=O) groups excluding carboxylic acids is 1. The van der Waals surface area contributed by atoms with Crippen molar-refractivity contribution in [1.82, 2.24) is 0 Å². The Balaban J connectivity index is 2.10. The van der Waals surface area contributed by atoms with Gasteiger partial charge in [0, 0.05) is 7.11 Å². The summed E-state index contributed by atoms with van der Waals surface area (Å²) in [4.78, 5) is 11.8. The van der Waals surface area contributed by atoms with Crippen LogP contribution in [0.2, 0.25) is 5.02 Å². The van der Waals surface area contributed by atoms with Crippen molar-refractivity contribution in [2.75, 3.05) is 7.11 Å². The molecule has 0 aliphatic rings. The lowest BCUT2D eigenvalue weighted by Gasteiger charge is -2.03. The summed E-state index contributed by atoms with van der Waals surface area (Å²) in [5.41, 5.74) is 0. The number of benzene rings is 1. The van der Waals surface area contributed by atoms with Gasteiger partial charge in [0.05, 0.1) is 5.02 Å². The number of ether oxygens (including phenoxy) is 2. The minimum Gasteiger partial charge on any atom is -0.452 e. The second kappa shape index (κ2) is 5.71. The van der Waals surface area contributed by atoms with Crippen LogP contribution in [-0.4, -0.2) is 13.1 Å². The monoisotopic (exact) mass is 266 g/mol. The van der Waals surface area contributed by atoms with Crippen molar-refractivity contribution >= 4 is 17.6 Å². The third-order valence-corrected chi connectivity index (χ3v) is 2.50. The zero-order valence-electron chi connectivity index (χ0n) is 9.68. The molecule has 18 heavy (non-hydrogen) atoms. The van der Waals surface area contributed by atoms with Gasteiger partial charge in [-0.05, 0) is 24.3 Å². The van der Waals surface area contributed by atoms with Gasteiger partial charge >= 0.3 is 5.97 Å². The van der Waals surface area contributed by atoms with Gasteiger partial charge < -0.3 is 13.9 Å². The van der Waals surface area contributed by atoms with Gasteiger partial charge in [-0.15, -0.1) is 0 Å². The van der Waals surface area contributed by atoms with E-state index in [-0.39, 0.29) is 5.76 Å². The topological polar surface area (TPSA) is 48.7 Å². The van der Waals surface area contributed by atoms with Gasteiger partial charge in [0.15, 0.2) is 0 Å². The van der Waals surface area contributed by atoms with Crippen LogP contribution in [0.3, 0.4) is 0 Å². The number of hydrogen-bond donors (Lipinski definition) is 0. The molecule has 0 radical (unpaired) electrons. The fraction of sp³-hybridized carbons (Fsp3) is 0.154. The van der Waals surface area contributed by atoms with E-state index in [1.807, 2.05) is 0 Å². The molecule has 1 aromatic heterocycles. The Kier molecular flexibility index (Phi) is 4.02. The number of furan rings is 1. The lowest BCUT2D eigenvalue weighted by Crippen LogP contribution is -2.07. The third kappa shape index (κ3) is 2.91. The molecule has 0 atom stereocenters. The molecule has 0 saturated carbocycles. The van der Waals surface area contributed by atoms with Crippen LogP contribution in [0.4, 0.5) is 0 Å². The maximum atomic E-state index is 11.8. The molecular weight excluding hydrogens is 256 g/mol. The average Bonchev–Trinajstić information content (AvgIpc) is 2.81. The molecule has 2 rings (SSSR count). The van der Waals surface area contributed by atoms with Gasteiger partial charge in [-0.3, -0.25) is 0 Å². The first kappa shape index (κ1) is 12.7. The quantitative estimate of drug-likeness (QED) is 0.629. The van der Waals surface area contributed by atoms with E-state index in [1.54, 1.807) is 37.4 Å². The predicted octanol–water partition coefficient (Wildman–Crippen LogP) is 3.30. The van der Waals surface area contributed by atoms with Crippen molar-refractivity contribution in [3.8, 4) is 5.75 Å². The Morgan fingerprint density at radius 1 is 1.28 bits per heavy atom. The Labute approximate surface area is 109 Å². The summed E-state index contributed by atoms with van der Waals surface area (Å²) in [5, 5.41) is 0.370. The van der Waals surface area contributed by atoms with Crippen molar-refractivity contribution in [3.05, 3.63) is 52.9 Å². The predicted molar refractivity (Wildman–Crippen MR) is 65.8 cm³/mol. The maximum Gasteiger partial charge on any atom is 0.379 e. The zero-order chi connectivity index (χ0) is 13.0. The van der Waals surface area contributed by atoms with Crippen molar-refractivity contribution in [3.63, 3.8) is 0 Å². The minimum absolute atomic E-state index is 0.113. The molecule has 0 saturated heterocycles. The summed E-state index contributed by atoms with van der Waals surface area (Å²) in [6.07, 6.45) is 0. The van der Waals surface area contributed by atoms with Crippen molar-refractivity contribution < 1.29 is 18.7 Å². The number of esters is 1. The highest BCUT2D eigenvalue weighted by molar-refractivity contribution is 6.32. The molecule has 0 aliphatic heterocycles. The molecule has 2 aromatic rings. The highest BCUT2D eigenvalue weighted by atomic mass is 35.5. The normalized spacial score (nSPS) is 10.3. The number of methoxy groups -OCH3 is 1. The van der Waals surface area contributed by atoms with E-state index in [0.717, 1.165) is 0 Å². The van der Waals surface area contributed by atoms with E-state index in [4.69, 9.17) is 25.5 Å². The molecule has 0 N–H and O–H groups in total. The second-order valence-corrected chi connectivity index (χ2v) is 3.93. The fourth-order valence-electron chi connectivity index (χ4n) is 1.39. The standard InChI is InChI=1S/C13H11ClO4/c1-16-8-9-6-7-12(17-9)13(15)18-11-5-3-2-4-10(11)14/h2-7H,8H2,1H3. The largest absolute Gasteiger partial charge is 0.452 e. The molecule has 94 valence electrons. The van der Waals surface area contributed by atoms with E-state index < -0.39 is 5.97 Å². The Hall–Kier alpha value is -1.78. The van der Waals surface area contributed by atoms with E-state index >= 15 is 0 Å². The minimum atomic E-state index is -0.592. The van der Waals surface area contributed by atoms with Crippen molar-refractivity contribution in [1.29, 1.82) is 0 Å². The molecule has 1 heterocycles. The summed E-state index contributed by atoms with van der Waals surface area (Å²) in [5.74, 6) is 0.380. The molecule has 5 heteroatoms. The number of halogens is 1. The summed E-state index contributed by atoms with van der Waals surface area (Å²) in [6, 6.07) is 9.93. The van der Waals surface area contributed by atoms with Crippen LogP contribution in [0.15, 0.2) is 40.8 Å². The van der Waals surface area contributed by atoms with E-state index in [2.05, 4.69) is 0 Å². The van der Waals surface area contributed by atoms with Gasteiger partial charge in [0.1, 0.15) is 18.1 Å². The zero-order valence-corrected chi connectivity index (χ0v) is 10.4. The van der Waals surface area contributed by atoms with Gasteiger partial charge in [0.25, 0.3) is 0 Å². The first-order chi connectivity index (χ1) is 8.70. The van der Waals surface area contributed by atoms with Crippen LogP contribution < -0.4 is 4.74 Å². The lowest BCUT2D eigenvalue weighted by molar-refractivity contribution is 0.0693. The fourth-order valence-corrected chi connectivity index (χ4v) is 1.56. The highest BCUT2D eigenvalue weighted by Gasteiger charge is 2.15. The summed E-state index contributed by atoms with van der Waals surface area (Å²) in [6.45, 7) is 0.305. The van der Waals surface area contributed by atoms with Crippen LogP contribution >= 0.6 is 11.6 Å². The van der Waals surface area contributed by atoms with Crippen molar-refractivity contribution in [2.24, 2.45) is 0 Å². The highest BCUT2D eigenvalue weighted by Crippen LogP contribution is 2.24. The molecule has 1 aromatic carbocycles. The molecular formula is C13H11ClO4. The smallest absolute Gasteiger partial charge is 0.379 e. The van der Waals surface area contributed by atoms with E-state index in [0.29, 0.717) is 23.1 Å². The maximum absolute atomic E-state index is 11.8. The first-order valence-corrected chi connectivity index (χ1v) is 5.63. The molecule has 4 nitrogen and oxygen atoms in total. The molecule has 0 amide bonds. The second-order valence-electron chi connectivity index (χ2n) is 3.52. The van der Waals surface area contributed by atoms with Gasteiger partial charge in [-0.25, -0.2) is 4.79 Å². The number of para-hydroxylation sites is 1. The SMILES string of the molecule is COCc1ccc(C(=O)Oc2ccccc2Cl)o1. The van der Waals surface area contributed by atoms with E-state index in [9.17, 15) is 4.79 Å². The Morgan fingerprint density at radius 3 is 2.78 bits per heavy atom. The van der Waals surface area contributed by atoms with Gasteiger partial charge in [-0.2, -0.15) is 0 Å². The summed E-state index contributed by atoms with van der Waals surface area (Å²) < 4.78 is 15.3. The number of rotatable bonds is 4. The van der Waals surface area contributed by atoms with E-state index in [1.165, 1.54) is 6.07 Å². The Bertz CT molecular complexity index is 547. The number of hydrogen-bond acceptors (Lipinski definition) is 4. The Morgan fingerprint density at radius 2 is 2.06 bits per heavy atom. The van der Waals surface area contributed by atoms with Crippen LogP contribution in [-0.2, 0) is 11.3 Å². The van der Waals surface area contributed by atoms with Crippen LogP contribution in [0.5, 0.6) is 5.75 Å². The summed E-state index contributed by atoms with van der Waals surface area (Å²) >= 11 is 5.88. The molecule has 0 unspecified atom stereocenters. The lowest BCUT2D eigenvalue weighted by atomic mass is 10.3. The molecule has 0 bridgehead atoms. The number of carbonyl (C=O) groups is 1. The van der Waals surface area contributed by atoms with Crippen LogP contribution in [0.1, 0.15) is 16.3 Å². The molecule has 0 spiro atoms. The van der Waals surface area contributed by atoms with Crippen LogP contribution in [0, 0.1) is 0 Å². The molecule has 0 aliphatic carbocycles. The summed E-state index contributed by atoms with van der Waals surface area (Å²) in [7, 11) is 1.55. The third-order valence-electron chi connectivity index (χ3n) is 2.19. The first-order valence-electron chi connectivity index (χ1n) is 5.25. The molecule has 0 fully saturated rings. The van der Waals surface area contributed by atoms with Gasteiger partial charge in [0.2, 0.25) is 5.76 Å². The van der Waals surface area contributed by atoms with Crippen molar-refractivity contribution in [2.45, 2.75) is 6.61 Å². The van der Waals surface area contributed by atoms with Gasteiger partial charge in [-0.1, -0.05) is 23.7 Å².